The summed E-state index contributed by atoms with van der Waals surface area (Å²) in [6.07, 6.45) is 0. The van der Waals surface area contributed by atoms with E-state index in [-0.39, 0.29) is 16.4 Å². The lowest BCUT2D eigenvalue weighted by atomic mass is 10.1. The Hall–Kier alpha value is -2.02. The molecule has 102 valence electrons. The van der Waals surface area contributed by atoms with E-state index in [1.165, 1.54) is 6.07 Å². The number of anilines is 2. The lowest BCUT2D eigenvalue weighted by Crippen LogP contribution is -2.15. The SMILES string of the molecule is Cc1cc(NS(=O)(=O)c2cc(C)c(C)cc2N)no1. The number of hydrogen-bond donors (Lipinski definition) is 2. The molecule has 1 aromatic heterocycles. The molecule has 7 heteroatoms. The van der Waals surface area contributed by atoms with E-state index in [2.05, 4.69) is 9.88 Å². The molecule has 3 N–H and O–H groups in total. The average molecular weight is 281 g/mol. The fraction of sp³-hybridized carbons (Fsp3) is 0.250. The molecule has 1 heterocycles. The van der Waals surface area contributed by atoms with Crippen molar-refractivity contribution in [3.05, 3.63) is 35.1 Å². The molecule has 0 unspecified atom stereocenters. The summed E-state index contributed by atoms with van der Waals surface area (Å²) in [6.45, 7) is 5.37. The van der Waals surface area contributed by atoms with Crippen LogP contribution in [0.4, 0.5) is 11.5 Å². The molecule has 0 amide bonds. The third-order valence-corrected chi connectivity index (χ3v) is 4.19. The maximum absolute atomic E-state index is 12.2. The molecule has 0 fully saturated rings. The lowest BCUT2D eigenvalue weighted by Gasteiger charge is -2.10. The quantitative estimate of drug-likeness (QED) is 0.838. The molecule has 0 spiro atoms. The van der Waals surface area contributed by atoms with E-state index in [0.717, 1.165) is 11.1 Å². The van der Waals surface area contributed by atoms with Crippen molar-refractivity contribution in [3.63, 3.8) is 0 Å². The lowest BCUT2D eigenvalue weighted by molar-refractivity contribution is 0.400. The van der Waals surface area contributed by atoms with Crippen molar-refractivity contribution >= 4 is 21.5 Å². The molecule has 0 saturated heterocycles. The van der Waals surface area contributed by atoms with Crippen molar-refractivity contribution in [2.45, 2.75) is 25.7 Å². The van der Waals surface area contributed by atoms with Gasteiger partial charge in [-0.15, -0.1) is 0 Å². The zero-order valence-corrected chi connectivity index (χ0v) is 11.7. The minimum Gasteiger partial charge on any atom is -0.398 e. The Bertz CT molecular complexity index is 720. The van der Waals surface area contributed by atoms with Gasteiger partial charge < -0.3 is 10.3 Å². The molecular formula is C12H15N3O3S. The molecule has 1 aromatic carbocycles. The number of aryl methyl sites for hydroxylation is 3. The number of nitrogens with one attached hydrogen (secondary N) is 1. The number of benzene rings is 1. The summed E-state index contributed by atoms with van der Waals surface area (Å²) >= 11 is 0. The summed E-state index contributed by atoms with van der Waals surface area (Å²) in [5.74, 6) is 0.654. The molecule has 19 heavy (non-hydrogen) atoms. The smallest absolute Gasteiger partial charge is 0.265 e. The summed E-state index contributed by atoms with van der Waals surface area (Å²) in [5.41, 5.74) is 7.77. The number of nitrogen functional groups attached to an aromatic ring is 1. The standard InChI is InChI=1S/C12H15N3O3S/c1-7-4-10(13)11(5-8(7)2)19(16,17)15-12-6-9(3)18-14-12/h4-6H,13H2,1-3H3,(H,14,15). The number of hydrogen-bond acceptors (Lipinski definition) is 5. The zero-order chi connectivity index (χ0) is 14.2. The van der Waals surface area contributed by atoms with Gasteiger partial charge in [0.05, 0.1) is 5.69 Å². The van der Waals surface area contributed by atoms with E-state index in [1.807, 2.05) is 13.8 Å². The molecule has 6 nitrogen and oxygen atoms in total. The maximum atomic E-state index is 12.2. The number of nitrogens with zero attached hydrogens (tertiary/aromatic N) is 1. The molecule has 0 bridgehead atoms. The first-order valence-electron chi connectivity index (χ1n) is 5.62. The largest absolute Gasteiger partial charge is 0.398 e. The van der Waals surface area contributed by atoms with Crippen LogP contribution in [0.2, 0.25) is 0 Å². The average Bonchev–Trinajstić information content (AvgIpc) is 2.68. The van der Waals surface area contributed by atoms with E-state index >= 15 is 0 Å². The fourth-order valence-electron chi connectivity index (χ4n) is 1.65. The number of aromatic nitrogens is 1. The number of rotatable bonds is 3. The second-order valence-electron chi connectivity index (χ2n) is 4.40. The van der Waals surface area contributed by atoms with Gasteiger partial charge in [-0.3, -0.25) is 4.72 Å². The van der Waals surface area contributed by atoms with E-state index in [4.69, 9.17) is 10.3 Å². The molecule has 0 saturated carbocycles. The molecule has 2 aromatic rings. The second kappa shape index (κ2) is 4.58. The Morgan fingerprint density at radius 3 is 2.37 bits per heavy atom. The first-order chi connectivity index (χ1) is 8.79. The highest BCUT2D eigenvalue weighted by Crippen LogP contribution is 2.24. The van der Waals surface area contributed by atoms with Crippen molar-refractivity contribution in [2.24, 2.45) is 0 Å². The molecule has 0 atom stereocenters. The molecular weight excluding hydrogens is 266 g/mol. The third kappa shape index (κ3) is 2.70. The minimum atomic E-state index is -3.77. The van der Waals surface area contributed by atoms with Gasteiger partial charge in [0.25, 0.3) is 10.0 Å². The summed E-state index contributed by atoms with van der Waals surface area (Å²) in [7, 11) is -3.77. The summed E-state index contributed by atoms with van der Waals surface area (Å²) in [4.78, 5) is 0.0382. The Kier molecular flexibility index (Phi) is 3.23. The van der Waals surface area contributed by atoms with Gasteiger partial charge >= 0.3 is 0 Å². The Balaban J connectivity index is 2.42. The van der Waals surface area contributed by atoms with Crippen LogP contribution in [-0.4, -0.2) is 13.6 Å². The van der Waals surface area contributed by atoms with Crippen LogP contribution >= 0.6 is 0 Å². The van der Waals surface area contributed by atoms with Crippen LogP contribution in [0, 0.1) is 20.8 Å². The van der Waals surface area contributed by atoms with E-state index in [9.17, 15) is 8.42 Å². The fourth-order valence-corrected chi connectivity index (χ4v) is 2.83. The maximum Gasteiger partial charge on any atom is 0.265 e. The Labute approximate surface area is 111 Å². The third-order valence-electron chi connectivity index (χ3n) is 2.78. The first-order valence-corrected chi connectivity index (χ1v) is 7.11. The van der Waals surface area contributed by atoms with E-state index in [1.54, 1.807) is 19.1 Å². The van der Waals surface area contributed by atoms with Crippen LogP contribution < -0.4 is 10.5 Å². The van der Waals surface area contributed by atoms with Crippen LogP contribution in [-0.2, 0) is 10.0 Å². The molecule has 0 aliphatic carbocycles. The number of sulfonamides is 1. The van der Waals surface area contributed by atoms with E-state index < -0.39 is 10.0 Å². The Morgan fingerprint density at radius 1 is 1.16 bits per heavy atom. The predicted molar refractivity (Wildman–Crippen MR) is 72.4 cm³/mol. The Morgan fingerprint density at radius 2 is 1.79 bits per heavy atom. The van der Waals surface area contributed by atoms with Gasteiger partial charge in [-0.05, 0) is 44.0 Å². The van der Waals surface area contributed by atoms with E-state index in [0.29, 0.717) is 5.76 Å². The highest BCUT2D eigenvalue weighted by atomic mass is 32.2. The molecule has 2 rings (SSSR count). The predicted octanol–water partition coefficient (Wildman–Crippen LogP) is 1.98. The highest BCUT2D eigenvalue weighted by molar-refractivity contribution is 7.92. The van der Waals surface area contributed by atoms with Crippen LogP contribution in [0.5, 0.6) is 0 Å². The van der Waals surface area contributed by atoms with Crippen molar-refractivity contribution in [3.8, 4) is 0 Å². The van der Waals surface area contributed by atoms with Crippen LogP contribution in [0.3, 0.4) is 0 Å². The van der Waals surface area contributed by atoms with Gasteiger partial charge in [0, 0.05) is 6.07 Å². The van der Waals surface area contributed by atoms with Crippen molar-refractivity contribution in [2.75, 3.05) is 10.5 Å². The van der Waals surface area contributed by atoms with Crippen LogP contribution in [0.1, 0.15) is 16.9 Å². The van der Waals surface area contributed by atoms with Crippen LogP contribution in [0.15, 0.2) is 27.6 Å². The first kappa shape index (κ1) is 13.4. The monoisotopic (exact) mass is 281 g/mol. The van der Waals surface area contributed by atoms with Gasteiger partial charge in [-0.25, -0.2) is 8.42 Å². The van der Waals surface area contributed by atoms with Crippen molar-refractivity contribution in [1.82, 2.24) is 5.16 Å². The second-order valence-corrected chi connectivity index (χ2v) is 6.05. The van der Waals surface area contributed by atoms with Gasteiger partial charge in [0.15, 0.2) is 5.82 Å². The topological polar surface area (TPSA) is 98.2 Å². The van der Waals surface area contributed by atoms with Crippen molar-refractivity contribution < 1.29 is 12.9 Å². The van der Waals surface area contributed by atoms with Gasteiger partial charge in [-0.1, -0.05) is 5.16 Å². The zero-order valence-electron chi connectivity index (χ0n) is 10.9. The van der Waals surface area contributed by atoms with Crippen molar-refractivity contribution in [1.29, 1.82) is 0 Å². The van der Waals surface area contributed by atoms with Gasteiger partial charge in [-0.2, -0.15) is 0 Å². The molecule has 0 aliphatic rings. The molecule has 0 aliphatic heterocycles. The summed E-state index contributed by atoms with van der Waals surface area (Å²) < 4.78 is 31.6. The van der Waals surface area contributed by atoms with Gasteiger partial charge in [0.2, 0.25) is 0 Å². The number of nitrogens with two attached hydrogens (primary N) is 1. The minimum absolute atomic E-state index is 0.0382. The highest BCUT2D eigenvalue weighted by Gasteiger charge is 2.20. The van der Waals surface area contributed by atoms with Gasteiger partial charge in [0.1, 0.15) is 10.7 Å². The normalized spacial score (nSPS) is 11.5. The molecule has 0 radical (unpaired) electrons. The van der Waals surface area contributed by atoms with Crippen LogP contribution in [0.25, 0.3) is 0 Å². The summed E-state index contributed by atoms with van der Waals surface area (Å²) in [6, 6.07) is 4.67. The summed E-state index contributed by atoms with van der Waals surface area (Å²) in [5, 5.41) is 3.59.